The summed E-state index contributed by atoms with van der Waals surface area (Å²) >= 11 is 6.33. The number of halogens is 1. The lowest BCUT2D eigenvalue weighted by molar-refractivity contribution is 0.340. The van der Waals surface area contributed by atoms with Crippen LogP contribution in [0.4, 0.5) is 0 Å². The van der Waals surface area contributed by atoms with Crippen LogP contribution in [-0.4, -0.2) is 11.2 Å². The van der Waals surface area contributed by atoms with Crippen LogP contribution in [0.3, 0.4) is 0 Å². The molecule has 2 rings (SSSR count). The van der Waals surface area contributed by atoms with E-state index in [0.717, 1.165) is 23.2 Å². The van der Waals surface area contributed by atoms with E-state index in [9.17, 15) is 5.26 Å². The summed E-state index contributed by atoms with van der Waals surface area (Å²) in [4.78, 5) is 0. The van der Waals surface area contributed by atoms with Crippen molar-refractivity contribution in [2.75, 3.05) is 6.61 Å². The number of hydrogen-bond acceptors (Lipinski definition) is 2. The maximum atomic E-state index is 9.30. The Morgan fingerprint density at radius 3 is 2.74 bits per heavy atom. The Labute approximate surface area is 118 Å². The lowest BCUT2D eigenvalue weighted by atomic mass is 10.2. The maximum Gasteiger partial charge on any atom is 0.128 e. The minimum Gasteiger partial charge on any atom is -0.494 e. The fourth-order valence-corrected chi connectivity index (χ4v) is 2.51. The molecule has 0 aliphatic rings. The van der Waals surface area contributed by atoms with Crippen LogP contribution in [0.1, 0.15) is 26.3 Å². The van der Waals surface area contributed by atoms with Gasteiger partial charge in [0.25, 0.3) is 0 Å². The molecule has 0 spiro atoms. The second kappa shape index (κ2) is 5.54. The average molecular weight is 277 g/mol. The van der Waals surface area contributed by atoms with E-state index in [1.165, 1.54) is 0 Å². The standard InChI is InChI=1S/C15H17ClN2O/c1-4-19-11-5-6-14-12(7-11)13(8-17)15(16)18(14)9-10(2)3/h5-7,10H,4,9H2,1-3H3. The van der Waals surface area contributed by atoms with Crippen LogP contribution >= 0.6 is 11.6 Å². The first kappa shape index (κ1) is 13.8. The van der Waals surface area contributed by atoms with E-state index in [4.69, 9.17) is 16.3 Å². The van der Waals surface area contributed by atoms with Crippen molar-refractivity contribution in [2.45, 2.75) is 27.3 Å². The zero-order valence-corrected chi connectivity index (χ0v) is 12.2. The monoisotopic (exact) mass is 276 g/mol. The Balaban J connectivity index is 2.65. The summed E-state index contributed by atoms with van der Waals surface area (Å²) in [5, 5.41) is 10.7. The minimum absolute atomic E-state index is 0.464. The van der Waals surface area contributed by atoms with Crippen molar-refractivity contribution >= 4 is 22.5 Å². The molecule has 1 aromatic heterocycles. The summed E-state index contributed by atoms with van der Waals surface area (Å²) in [6.45, 7) is 7.59. The number of ether oxygens (including phenoxy) is 1. The molecule has 0 saturated heterocycles. The predicted octanol–water partition coefficient (Wildman–Crippen LogP) is 4.22. The van der Waals surface area contributed by atoms with Crippen molar-refractivity contribution < 1.29 is 4.74 Å². The number of nitrogens with zero attached hydrogens (tertiary/aromatic N) is 2. The van der Waals surface area contributed by atoms with Gasteiger partial charge in [-0.05, 0) is 31.0 Å². The van der Waals surface area contributed by atoms with Gasteiger partial charge in [0.2, 0.25) is 0 Å². The molecule has 100 valence electrons. The SMILES string of the molecule is CCOc1ccc2c(c1)c(C#N)c(Cl)n2CC(C)C. The molecule has 19 heavy (non-hydrogen) atoms. The van der Waals surface area contributed by atoms with Crippen molar-refractivity contribution in [3.8, 4) is 11.8 Å². The van der Waals surface area contributed by atoms with Crippen molar-refractivity contribution in [3.05, 3.63) is 28.9 Å². The number of benzene rings is 1. The Hall–Kier alpha value is -1.66. The smallest absolute Gasteiger partial charge is 0.128 e. The van der Waals surface area contributed by atoms with Crippen molar-refractivity contribution in [1.29, 1.82) is 5.26 Å². The van der Waals surface area contributed by atoms with E-state index >= 15 is 0 Å². The van der Waals surface area contributed by atoms with Gasteiger partial charge < -0.3 is 9.30 Å². The van der Waals surface area contributed by atoms with Gasteiger partial charge in [-0.15, -0.1) is 0 Å². The normalized spacial score (nSPS) is 10.9. The van der Waals surface area contributed by atoms with Crippen LogP contribution in [0.25, 0.3) is 10.9 Å². The van der Waals surface area contributed by atoms with Crippen LogP contribution < -0.4 is 4.74 Å². The van der Waals surface area contributed by atoms with E-state index in [2.05, 4.69) is 19.9 Å². The van der Waals surface area contributed by atoms with E-state index in [1.807, 2.05) is 29.7 Å². The van der Waals surface area contributed by atoms with Crippen LogP contribution in [0.2, 0.25) is 5.15 Å². The van der Waals surface area contributed by atoms with Gasteiger partial charge in [0.15, 0.2) is 0 Å². The molecule has 0 unspecified atom stereocenters. The molecule has 4 heteroatoms. The van der Waals surface area contributed by atoms with Gasteiger partial charge in [0, 0.05) is 11.9 Å². The van der Waals surface area contributed by atoms with Gasteiger partial charge in [-0.2, -0.15) is 5.26 Å². The van der Waals surface area contributed by atoms with Crippen molar-refractivity contribution in [1.82, 2.24) is 4.57 Å². The molecule has 0 aliphatic carbocycles. The van der Waals surface area contributed by atoms with Crippen LogP contribution in [0.15, 0.2) is 18.2 Å². The first-order chi connectivity index (χ1) is 9.08. The summed E-state index contributed by atoms with van der Waals surface area (Å²) in [5.41, 5.74) is 1.51. The van der Waals surface area contributed by atoms with Crippen LogP contribution in [0.5, 0.6) is 5.75 Å². The topological polar surface area (TPSA) is 37.9 Å². The third-order valence-corrected chi connectivity index (χ3v) is 3.33. The number of nitriles is 1. The summed E-state index contributed by atoms with van der Waals surface area (Å²) in [6, 6.07) is 7.97. The third kappa shape index (κ3) is 2.54. The predicted molar refractivity (Wildman–Crippen MR) is 77.7 cm³/mol. The zero-order chi connectivity index (χ0) is 14.0. The number of hydrogen-bond donors (Lipinski definition) is 0. The first-order valence-electron chi connectivity index (χ1n) is 6.43. The average Bonchev–Trinajstić information content (AvgIpc) is 2.62. The molecule has 0 fully saturated rings. The second-order valence-corrected chi connectivity index (χ2v) is 5.25. The van der Waals surface area contributed by atoms with Crippen LogP contribution in [0, 0.1) is 17.2 Å². The number of rotatable bonds is 4. The van der Waals surface area contributed by atoms with Gasteiger partial charge >= 0.3 is 0 Å². The highest BCUT2D eigenvalue weighted by Gasteiger charge is 2.16. The molecule has 0 radical (unpaired) electrons. The lowest BCUT2D eigenvalue weighted by Gasteiger charge is -2.10. The highest BCUT2D eigenvalue weighted by atomic mass is 35.5. The summed E-state index contributed by atoms with van der Waals surface area (Å²) < 4.78 is 7.48. The largest absolute Gasteiger partial charge is 0.494 e. The first-order valence-corrected chi connectivity index (χ1v) is 6.80. The summed E-state index contributed by atoms with van der Waals surface area (Å²) in [7, 11) is 0. The Morgan fingerprint density at radius 1 is 1.42 bits per heavy atom. The summed E-state index contributed by atoms with van der Waals surface area (Å²) in [6.07, 6.45) is 0. The molecular weight excluding hydrogens is 260 g/mol. The summed E-state index contributed by atoms with van der Waals surface area (Å²) in [5.74, 6) is 1.23. The van der Waals surface area contributed by atoms with E-state index in [1.54, 1.807) is 0 Å². The number of fused-ring (bicyclic) bond motifs is 1. The van der Waals surface area contributed by atoms with E-state index in [0.29, 0.717) is 23.2 Å². The maximum absolute atomic E-state index is 9.30. The Morgan fingerprint density at radius 2 is 2.16 bits per heavy atom. The highest BCUT2D eigenvalue weighted by Crippen LogP contribution is 2.32. The van der Waals surface area contributed by atoms with E-state index in [-0.39, 0.29) is 0 Å². The molecule has 0 N–H and O–H groups in total. The fraction of sp³-hybridized carbons (Fsp3) is 0.400. The molecular formula is C15H17ClN2O. The molecule has 1 aromatic carbocycles. The second-order valence-electron chi connectivity index (χ2n) is 4.89. The molecule has 2 aromatic rings. The fourth-order valence-electron chi connectivity index (χ4n) is 2.21. The van der Waals surface area contributed by atoms with Gasteiger partial charge in [0.1, 0.15) is 17.0 Å². The Kier molecular flexibility index (Phi) is 4.01. The van der Waals surface area contributed by atoms with Gasteiger partial charge in [-0.25, -0.2) is 0 Å². The van der Waals surface area contributed by atoms with Crippen molar-refractivity contribution in [2.24, 2.45) is 5.92 Å². The molecule has 3 nitrogen and oxygen atoms in total. The van der Waals surface area contributed by atoms with Crippen molar-refractivity contribution in [3.63, 3.8) is 0 Å². The van der Waals surface area contributed by atoms with E-state index < -0.39 is 0 Å². The highest BCUT2D eigenvalue weighted by molar-refractivity contribution is 6.32. The minimum atomic E-state index is 0.464. The Bertz CT molecular complexity index is 638. The van der Waals surface area contributed by atoms with Gasteiger partial charge in [-0.3, -0.25) is 0 Å². The lowest BCUT2D eigenvalue weighted by Crippen LogP contribution is -2.04. The van der Waals surface area contributed by atoms with Gasteiger partial charge in [0.05, 0.1) is 17.7 Å². The molecule has 1 heterocycles. The number of aromatic nitrogens is 1. The molecule has 0 atom stereocenters. The quantitative estimate of drug-likeness (QED) is 0.838. The molecule has 0 aliphatic heterocycles. The van der Waals surface area contributed by atoms with Crippen LogP contribution in [-0.2, 0) is 6.54 Å². The molecule has 0 amide bonds. The molecule has 0 bridgehead atoms. The molecule has 0 saturated carbocycles. The zero-order valence-electron chi connectivity index (χ0n) is 11.4. The third-order valence-electron chi connectivity index (χ3n) is 2.94. The van der Waals surface area contributed by atoms with Gasteiger partial charge in [-0.1, -0.05) is 25.4 Å².